The van der Waals surface area contributed by atoms with E-state index in [0.29, 0.717) is 25.2 Å². The van der Waals surface area contributed by atoms with Crippen molar-refractivity contribution in [2.24, 2.45) is 0 Å². The molecule has 1 unspecified atom stereocenters. The van der Waals surface area contributed by atoms with Crippen molar-refractivity contribution in [2.75, 3.05) is 52.5 Å². The second-order valence-corrected chi connectivity index (χ2v) is 10.7. The zero-order chi connectivity index (χ0) is 28.6. The number of amides is 3. The Morgan fingerprint density at radius 1 is 0.925 bits per heavy atom. The highest BCUT2D eigenvalue weighted by molar-refractivity contribution is 6.00. The van der Waals surface area contributed by atoms with Crippen LogP contribution in [0.25, 0.3) is 10.8 Å². The summed E-state index contributed by atoms with van der Waals surface area (Å²) in [7, 11) is 0. The number of carbonyl (C=O) groups is 3. The van der Waals surface area contributed by atoms with E-state index in [1.54, 1.807) is 6.07 Å². The molecular weight excluding hydrogens is 504 g/mol. The minimum Gasteiger partial charge on any atom is -0.379 e. The molecule has 2 N–H and O–H groups in total. The van der Waals surface area contributed by atoms with Crippen molar-refractivity contribution >= 4 is 28.5 Å². The van der Waals surface area contributed by atoms with Crippen molar-refractivity contribution in [3.05, 3.63) is 48.0 Å². The Morgan fingerprint density at radius 3 is 2.27 bits per heavy atom. The first-order chi connectivity index (χ1) is 19.5. The Kier molecular flexibility index (Phi) is 13.9. The van der Waals surface area contributed by atoms with Crippen LogP contribution >= 0.6 is 0 Å². The summed E-state index contributed by atoms with van der Waals surface area (Å²) in [5, 5.41) is 8.00. The highest BCUT2D eigenvalue weighted by atomic mass is 16.5. The quantitative estimate of drug-likeness (QED) is 0.284. The van der Waals surface area contributed by atoms with Gasteiger partial charge in [0.25, 0.3) is 5.91 Å². The molecule has 8 nitrogen and oxygen atoms in total. The molecule has 40 heavy (non-hydrogen) atoms. The molecule has 3 rings (SSSR count). The molecule has 3 amide bonds. The molecule has 1 aliphatic heterocycles. The number of morpholine rings is 1. The van der Waals surface area contributed by atoms with Gasteiger partial charge in [0.2, 0.25) is 11.8 Å². The summed E-state index contributed by atoms with van der Waals surface area (Å²) in [6.45, 7) is 10.2. The molecule has 2 aromatic rings. The summed E-state index contributed by atoms with van der Waals surface area (Å²) in [5.74, 6) is -0.490. The van der Waals surface area contributed by atoms with Gasteiger partial charge in [0.1, 0.15) is 6.04 Å². The number of rotatable bonds is 17. The summed E-state index contributed by atoms with van der Waals surface area (Å²) in [4.78, 5) is 44.0. The van der Waals surface area contributed by atoms with Crippen LogP contribution in [0.2, 0.25) is 0 Å². The largest absolute Gasteiger partial charge is 0.379 e. The number of ether oxygens (including phenoxy) is 1. The molecule has 1 fully saturated rings. The van der Waals surface area contributed by atoms with E-state index in [2.05, 4.69) is 29.4 Å². The van der Waals surface area contributed by atoms with Crippen LogP contribution in [0.1, 0.15) is 75.6 Å². The Balaban J connectivity index is 1.66. The lowest BCUT2D eigenvalue weighted by atomic mass is 10.0. The fraction of sp³-hybridized carbons (Fsp3) is 0.594. The van der Waals surface area contributed by atoms with Crippen LogP contribution in [-0.2, 0) is 14.3 Å². The number of benzene rings is 2. The van der Waals surface area contributed by atoms with Gasteiger partial charge in [-0.1, -0.05) is 69.9 Å². The van der Waals surface area contributed by atoms with E-state index in [4.69, 9.17) is 4.74 Å². The van der Waals surface area contributed by atoms with Gasteiger partial charge in [-0.05, 0) is 42.2 Å². The highest BCUT2D eigenvalue weighted by Crippen LogP contribution is 2.16. The van der Waals surface area contributed by atoms with Gasteiger partial charge in [-0.3, -0.25) is 19.3 Å². The molecule has 0 radical (unpaired) electrons. The van der Waals surface area contributed by atoms with Crippen molar-refractivity contribution in [3.8, 4) is 0 Å². The maximum atomic E-state index is 13.8. The SMILES string of the molecule is CCCCCN(CCCCC)C(=O)C(CCC(=O)NCCN1CCOCC1)NC(=O)c1ccc2ccccc2c1. The third-order valence-electron chi connectivity index (χ3n) is 7.50. The Labute approximate surface area is 239 Å². The van der Waals surface area contributed by atoms with E-state index >= 15 is 0 Å². The van der Waals surface area contributed by atoms with Gasteiger partial charge in [0, 0.05) is 51.3 Å². The molecule has 2 aromatic carbocycles. The maximum Gasteiger partial charge on any atom is 0.251 e. The first-order valence-corrected chi connectivity index (χ1v) is 15.2. The van der Waals surface area contributed by atoms with E-state index in [-0.39, 0.29) is 30.6 Å². The summed E-state index contributed by atoms with van der Waals surface area (Å²) >= 11 is 0. The van der Waals surface area contributed by atoms with Crippen molar-refractivity contribution < 1.29 is 19.1 Å². The van der Waals surface area contributed by atoms with Crippen LogP contribution in [0.5, 0.6) is 0 Å². The molecule has 0 saturated carbocycles. The van der Waals surface area contributed by atoms with Gasteiger partial charge >= 0.3 is 0 Å². The Morgan fingerprint density at radius 2 is 1.60 bits per heavy atom. The number of carbonyl (C=O) groups excluding carboxylic acids is 3. The monoisotopic (exact) mass is 552 g/mol. The van der Waals surface area contributed by atoms with Crippen LogP contribution in [-0.4, -0.2) is 86.0 Å². The second-order valence-electron chi connectivity index (χ2n) is 10.7. The smallest absolute Gasteiger partial charge is 0.251 e. The maximum absolute atomic E-state index is 13.8. The zero-order valence-electron chi connectivity index (χ0n) is 24.5. The fourth-order valence-electron chi connectivity index (χ4n) is 5.03. The second kappa shape index (κ2) is 17.7. The van der Waals surface area contributed by atoms with Crippen LogP contribution in [0.4, 0.5) is 0 Å². The van der Waals surface area contributed by atoms with E-state index < -0.39 is 6.04 Å². The molecular formula is C32H48N4O4. The first kappa shape index (κ1) is 31.6. The standard InChI is InChI=1S/C32H48N4O4/c1-3-5-9-18-36(19-10-6-4-2)32(39)29(15-16-30(37)33-17-20-35-21-23-40-24-22-35)34-31(38)28-14-13-26-11-7-8-12-27(26)25-28/h7-8,11-14,25,29H,3-6,9-10,15-24H2,1-2H3,(H,33,37)(H,34,38). The molecule has 0 aliphatic carbocycles. The van der Waals surface area contributed by atoms with Crippen molar-refractivity contribution in [3.63, 3.8) is 0 Å². The molecule has 8 heteroatoms. The van der Waals surface area contributed by atoms with Crippen LogP contribution in [0, 0.1) is 0 Å². The van der Waals surface area contributed by atoms with E-state index in [9.17, 15) is 14.4 Å². The normalized spacial score (nSPS) is 14.6. The van der Waals surface area contributed by atoms with Gasteiger partial charge in [-0.2, -0.15) is 0 Å². The molecule has 1 aliphatic rings. The summed E-state index contributed by atoms with van der Waals surface area (Å²) < 4.78 is 5.38. The molecule has 1 heterocycles. The molecule has 0 aromatic heterocycles. The minimum absolute atomic E-state index is 0.0949. The summed E-state index contributed by atoms with van der Waals surface area (Å²) in [6.07, 6.45) is 6.56. The average Bonchev–Trinajstić information content (AvgIpc) is 2.98. The van der Waals surface area contributed by atoms with E-state index in [0.717, 1.165) is 82.1 Å². The predicted octanol–water partition coefficient (Wildman–Crippen LogP) is 4.38. The third-order valence-corrected chi connectivity index (χ3v) is 7.50. The molecule has 0 bridgehead atoms. The molecule has 0 spiro atoms. The van der Waals surface area contributed by atoms with Crippen molar-refractivity contribution in [1.82, 2.24) is 20.4 Å². The highest BCUT2D eigenvalue weighted by Gasteiger charge is 2.27. The van der Waals surface area contributed by atoms with Gasteiger partial charge in [-0.15, -0.1) is 0 Å². The molecule has 220 valence electrons. The number of nitrogens with one attached hydrogen (secondary N) is 2. The van der Waals surface area contributed by atoms with Crippen molar-refractivity contribution in [1.29, 1.82) is 0 Å². The minimum atomic E-state index is -0.757. The molecule has 1 saturated heterocycles. The number of nitrogens with zero attached hydrogens (tertiary/aromatic N) is 2. The lowest BCUT2D eigenvalue weighted by Gasteiger charge is -2.28. The Hall–Kier alpha value is -2.97. The number of hydrogen-bond donors (Lipinski definition) is 2. The average molecular weight is 553 g/mol. The summed E-state index contributed by atoms with van der Waals surface area (Å²) in [5.41, 5.74) is 0.509. The lowest BCUT2D eigenvalue weighted by molar-refractivity contribution is -0.133. The van der Waals surface area contributed by atoms with Crippen LogP contribution in [0.3, 0.4) is 0 Å². The van der Waals surface area contributed by atoms with Gasteiger partial charge in [0.15, 0.2) is 0 Å². The van der Waals surface area contributed by atoms with Gasteiger partial charge < -0.3 is 20.3 Å². The molecule has 1 atom stereocenters. The number of unbranched alkanes of at least 4 members (excludes halogenated alkanes) is 4. The topological polar surface area (TPSA) is 91.0 Å². The predicted molar refractivity (Wildman–Crippen MR) is 160 cm³/mol. The zero-order valence-corrected chi connectivity index (χ0v) is 24.5. The van der Waals surface area contributed by atoms with Gasteiger partial charge in [-0.25, -0.2) is 0 Å². The first-order valence-electron chi connectivity index (χ1n) is 15.2. The third kappa shape index (κ3) is 10.5. The summed E-state index contributed by atoms with van der Waals surface area (Å²) in [6, 6.07) is 12.7. The van der Waals surface area contributed by atoms with Gasteiger partial charge in [0.05, 0.1) is 13.2 Å². The fourth-order valence-corrected chi connectivity index (χ4v) is 5.03. The number of hydrogen-bond acceptors (Lipinski definition) is 5. The van der Waals surface area contributed by atoms with Crippen LogP contribution < -0.4 is 10.6 Å². The van der Waals surface area contributed by atoms with E-state index in [1.165, 1.54) is 0 Å². The van der Waals surface area contributed by atoms with Crippen LogP contribution in [0.15, 0.2) is 42.5 Å². The lowest BCUT2D eigenvalue weighted by Crippen LogP contribution is -2.49. The number of fused-ring (bicyclic) bond motifs is 1. The Bertz CT molecular complexity index is 1060. The van der Waals surface area contributed by atoms with E-state index in [1.807, 2.05) is 41.3 Å². The van der Waals surface area contributed by atoms with Crippen molar-refractivity contribution in [2.45, 2.75) is 71.3 Å².